The van der Waals surface area contributed by atoms with E-state index < -0.39 is 11.5 Å². The number of H-pyrrole nitrogens is 1. The molecular weight excluding hydrogens is 234 g/mol. The second kappa shape index (κ2) is 4.52. The number of carbonyl (C=O) groups is 1. The Bertz CT molecular complexity index is 672. The van der Waals surface area contributed by atoms with Crippen molar-refractivity contribution in [2.24, 2.45) is 0 Å². The topological polar surface area (TPSA) is 79.4 Å². The first-order valence-corrected chi connectivity index (χ1v) is 5.54. The lowest BCUT2D eigenvalue weighted by Gasteiger charge is -2.09. The zero-order valence-corrected chi connectivity index (χ0v) is 10.1. The van der Waals surface area contributed by atoms with Gasteiger partial charge in [0.15, 0.2) is 0 Å². The van der Waals surface area contributed by atoms with E-state index in [0.717, 1.165) is 0 Å². The number of aromatic amines is 1. The van der Waals surface area contributed by atoms with Crippen molar-refractivity contribution in [3.63, 3.8) is 0 Å². The van der Waals surface area contributed by atoms with E-state index in [0.29, 0.717) is 28.6 Å². The molecule has 2 aromatic rings. The lowest BCUT2D eigenvalue weighted by Crippen LogP contribution is -2.20. The number of aryl methyl sites for hydroxylation is 1. The van der Waals surface area contributed by atoms with E-state index in [4.69, 9.17) is 9.84 Å². The van der Waals surface area contributed by atoms with Crippen molar-refractivity contribution < 1.29 is 14.6 Å². The molecule has 0 unspecified atom stereocenters. The lowest BCUT2D eigenvalue weighted by molar-refractivity contribution is 0.0694. The van der Waals surface area contributed by atoms with E-state index in [1.807, 2.05) is 6.92 Å². The quantitative estimate of drug-likeness (QED) is 0.866. The SMILES string of the molecule is CCc1c(C(=O)O)c(=O)[nH]c2ccc(OC)cc12. The van der Waals surface area contributed by atoms with Gasteiger partial charge < -0.3 is 14.8 Å². The van der Waals surface area contributed by atoms with Crippen molar-refractivity contribution in [3.8, 4) is 5.75 Å². The van der Waals surface area contributed by atoms with Crippen LogP contribution in [0.15, 0.2) is 23.0 Å². The molecule has 1 heterocycles. The van der Waals surface area contributed by atoms with Crippen LogP contribution >= 0.6 is 0 Å². The molecule has 0 fully saturated rings. The molecule has 2 rings (SSSR count). The highest BCUT2D eigenvalue weighted by atomic mass is 16.5. The third-order valence-corrected chi connectivity index (χ3v) is 2.90. The number of aromatic nitrogens is 1. The summed E-state index contributed by atoms with van der Waals surface area (Å²) in [6.07, 6.45) is 0.467. The van der Waals surface area contributed by atoms with Crippen LogP contribution in [0, 0.1) is 0 Å². The number of benzene rings is 1. The first kappa shape index (κ1) is 12.2. The minimum absolute atomic E-state index is 0.196. The Labute approximate surface area is 103 Å². The second-order valence-electron chi connectivity index (χ2n) is 3.88. The summed E-state index contributed by atoms with van der Waals surface area (Å²) in [5, 5.41) is 9.81. The number of carboxylic acids is 1. The van der Waals surface area contributed by atoms with Gasteiger partial charge >= 0.3 is 5.97 Å². The Balaban J connectivity index is 2.91. The lowest BCUT2D eigenvalue weighted by atomic mass is 10.0. The van der Waals surface area contributed by atoms with Crippen molar-refractivity contribution in [3.05, 3.63) is 39.7 Å². The molecule has 0 spiro atoms. The van der Waals surface area contributed by atoms with Crippen LogP contribution in [0.2, 0.25) is 0 Å². The fourth-order valence-corrected chi connectivity index (χ4v) is 2.06. The van der Waals surface area contributed by atoms with Gasteiger partial charge in [-0.15, -0.1) is 0 Å². The van der Waals surface area contributed by atoms with E-state index in [2.05, 4.69) is 4.98 Å². The number of aromatic carboxylic acids is 1. The monoisotopic (exact) mass is 247 g/mol. The summed E-state index contributed by atoms with van der Waals surface area (Å²) < 4.78 is 5.11. The Kier molecular flexibility index (Phi) is 3.06. The normalized spacial score (nSPS) is 10.6. The Morgan fingerprint density at radius 3 is 2.72 bits per heavy atom. The molecule has 0 saturated carbocycles. The summed E-state index contributed by atoms with van der Waals surface area (Å²) in [6, 6.07) is 5.16. The van der Waals surface area contributed by atoms with E-state index in [1.165, 1.54) is 7.11 Å². The number of fused-ring (bicyclic) bond motifs is 1. The van der Waals surface area contributed by atoms with Gasteiger partial charge in [0.25, 0.3) is 5.56 Å². The molecular formula is C13H13NO4. The predicted molar refractivity (Wildman–Crippen MR) is 67.5 cm³/mol. The minimum Gasteiger partial charge on any atom is -0.497 e. The largest absolute Gasteiger partial charge is 0.497 e. The molecule has 0 bridgehead atoms. The fraction of sp³-hybridized carbons (Fsp3) is 0.231. The van der Waals surface area contributed by atoms with Crippen molar-refractivity contribution in [2.75, 3.05) is 7.11 Å². The number of hydrogen-bond acceptors (Lipinski definition) is 3. The molecule has 0 amide bonds. The molecule has 0 radical (unpaired) electrons. The number of pyridine rings is 1. The van der Waals surface area contributed by atoms with Crippen LogP contribution < -0.4 is 10.3 Å². The average molecular weight is 247 g/mol. The van der Waals surface area contributed by atoms with E-state index >= 15 is 0 Å². The predicted octanol–water partition coefficient (Wildman–Crippen LogP) is 1.80. The Hall–Kier alpha value is -2.30. The molecule has 0 aliphatic carbocycles. The highest BCUT2D eigenvalue weighted by Crippen LogP contribution is 2.23. The molecule has 0 saturated heterocycles. The van der Waals surface area contributed by atoms with E-state index in [1.54, 1.807) is 18.2 Å². The maximum atomic E-state index is 11.7. The fourth-order valence-electron chi connectivity index (χ4n) is 2.06. The van der Waals surface area contributed by atoms with Gasteiger partial charge in [-0.3, -0.25) is 4.79 Å². The zero-order valence-electron chi connectivity index (χ0n) is 10.1. The summed E-state index contributed by atoms with van der Waals surface area (Å²) in [5.74, 6) is -0.585. The molecule has 0 atom stereocenters. The molecule has 5 heteroatoms. The second-order valence-corrected chi connectivity index (χ2v) is 3.88. The highest BCUT2D eigenvalue weighted by Gasteiger charge is 2.17. The van der Waals surface area contributed by atoms with E-state index in [9.17, 15) is 9.59 Å². The van der Waals surface area contributed by atoms with Gasteiger partial charge in [0.2, 0.25) is 0 Å². The summed E-state index contributed by atoms with van der Waals surface area (Å²) in [5.41, 5.74) is 0.373. The van der Waals surface area contributed by atoms with Gasteiger partial charge in [0.1, 0.15) is 11.3 Å². The number of rotatable bonds is 3. The molecule has 2 N–H and O–H groups in total. The number of ether oxygens (including phenoxy) is 1. The Morgan fingerprint density at radius 2 is 2.17 bits per heavy atom. The van der Waals surface area contributed by atoms with Crippen LogP contribution in [0.5, 0.6) is 5.75 Å². The van der Waals surface area contributed by atoms with Crippen molar-refractivity contribution >= 4 is 16.9 Å². The maximum absolute atomic E-state index is 11.7. The van der Waals surface area contributed by atoms with Gasteiger partial charge in [-0.25, -0.2) is 4.79 Å². The highest BCUT2D eigenvalue weighted by molar-refractivity contribution is 5.96. The van der Waals surface area contributed by atoms with Crippen LogP contribution in [-0.2, 0) is 6.42 Å². The first-order chi connectivity index (χ1) is 8.58. The molecule has 5 nitrogen and oxygen atoms in total. The number of carboxylic acid groups (broad SMARTS) is 1. The molecule has 18 heavy (non-hydrogen) atoms. The smallest absolute Gasteiger partial charge is 0.341 e. The van der Waals surface area contributed by atoms with Crippen LogP contribution in [-0.4, -0.2) is 23.2 Å². The minimum atomic E-state index is -1.21. The summed E-state index contributed by atoms with van der Waals surface area (Å²) in [7, 11) is 1.54. The average Bonchev–Trinajstić information content (AvgIpc) is 2.36. The van der Waals surface area contributed by atoms with Crippen LogP contribution in [0.1, 0.15) is 22.8 Å². The Morgan fingerprint density at radius 1 is 1.44 bits per heavy atom. The van der Waals surface area contributed by atoms with Gasteiger partial charge in [-0.2, -0.15) is 0 Å². The molecule has 1 aromatic carbocycles. The van der Waals surface area contributed by atoms with Crippen LogP contribution in [0.3, 0.4) is 0 Å². The van der Waals surface area contributed by atoms with Crippen LogP contribution in [0.4, 0.5) is 0 Å². The van der Waals surface area contributed by atoms with Gasteiger partial charge in [0, 0.05) is 10.9 Å². The van der Waals surface area contributed by atoms with Crippen molar-refractivity contribution in [1.29, 1.82) is 0 Å². The van der Waals surface area contributed by atoms with Gasteiger partial charge in [0.05, 0.1) is 7.11 Å². The number of methoxy groups -OCH3 is 1. The third-order valence-electron chi connectivity index (χ3n) is 2.90. The maximum Gasteiger partial charge on any atom is 0.341 e. The van der Waals surface area contributed by atoms with Crippen molar-refractivity contribution in [2.45, 2.75) is 13.3 Å². The summed E-state index contributed by atoms with van der Waals surface area (Å²) in [6.45, 7) is 1.82. The number of hydrogen-bond donors (Lipinski definition) is 2. The summed E-state index contributed by atoms with van der Waals surface area (Å²) in [4.78, 5) is 25.5. The number of nitrogens with one attached hydrogen (secondary N) is 1. The molecule has 1 aromatic heterocycles. The van der Waals surface area contributed by atoms with Gasteiger partial charge in [-0.1, -0.05) is 6.92 Å². The first-order valence-electron chi connectivity index (χ1n) is 5.54. The van der Waals surface area contributed by atoms with Gasteiger partial charge in [-0.05, 0) is 30.2 Å². The molecule has 0 aliphatic rings. The summed E-state index contributed by atoms with van der Waals surface area (Å²) >= 11 is 0. The standard InChI is InChI=1S/C13H13NO4/c1-3-8-9-6-7(18-2)4-5-10(9)14-12(15)11(8)13(16)17/h4-6H,3H2,1-2H3,(H,14,15)(H,16,17). The van der Waals surface area contributed by atoms with E-state index in [-0.39, 0.29) is 5.56 Å². The zero-order chi connectivity index (χ0) is 13.3. The van der Waals surface area contributed by atoms with Crippen LogP contribution in [0.25, 0.3) is 10.9 Å². The molecule has 94 valence electrons. The third kappa shape index (κ3) is 1.84. The van der Waals surface area contributed by atoms with Crippen molar-refractivity contribution in [1.82, 2.24) is 4.98 Å². The molecule has 0 aliphatic heterocycles.